The van der Waals surface area contributed by atoms with Crippen LogP contribution < -0.4 is 19.5 Å². The number of methoxy groups -OCH3 is 3. The molecule has 136 valence electrons. The molecule has 0 radical (unpaired) electrons. The maximum absolute atomic E-state index is 5.41. The van der Waals surface area contributed by atoms with E-state index in [4.69, 9.17) is 14.2 Å². The second-order valence-electron chi connectivity index (χ2n) is 5.82. The Balaban J connectivity index is 1.72. The minimum Gasteiger partial charge on any atom is -0.493 e. The van der Waals surface area contributed by atoms with E-state index >= 15 is 0 Å². The highest BCUT2D eigenvalue weighted by Crippen LogP contribution is 2.38. The highest BCUT2D eigenvalue weighted by atomic mass is 16.5. The number of aromatic nitrogens is 2. The van der Waals surface area contributed by atoms with Gasteiger partial charge in [0, 0.05) is 31.2 Å². The Morgan fingerprint density at radius 1 is 0.962 bits per heavy atom. The second-order valence-corrected chi connectivity index (χ2v) is 5.82. The quantitative estimate of drug-likeness (QED) is 0.671. The molecule has 0 bridgehead atoms. The molecule has 0 atom stereocenters. The number of nitrogens with one attached hydrogen (secondary N) is 1. The van der Waals surface area contributed by atoms with Gasteiger partial charge in [0.1, 0.15) is 0 Å². The van der Waals surface area contributed by atoms with E-state index < -0.39 is 0 Å². The third-order valence-electron chi connectivity index (χ3n) is 4.07. The van der Waals surface area contributed by atoms with Crippen LogP contribution in [0.1, 0.15) is 11.1 Å². The standard InChI is InChI=1S/C20H23N3O3/c1-24-18-10-16(11-19(25-2)20(18)26-3)12-22-17-6-4-5-15(9-17)13-23-8-7-21-14-23/h4-11,14,22H,12-13H2,1-3H3. The number of hydrogen-bond donors (Lipinski definition) is 1. The highest BCUT2D eigenvalue weighted by Gasteiger charge is 2.13. The molecule has 0 aliphatic rings. The predicted octanol–water partition coefficient (Wildman–Crippen LogP) is 3.57. The molecule has 26 heavy (non-hydrogen) atoms. The van der Waals surface area contributed by atoms with Crippen molar-refractivity contribution in [2.75, 3.05) is 26.6 Å². The van der Waals surface area contributed by atoms with Crippen LogP contribution in [0.3, 0.4) is 0 Å². The van der Waals surface area contributed by atoms with Crippen molar-refractivity contribution in [2.24, 2.45) is 0 Å². The molecular weight excluding hydrogens is 330 g/mol. The van der Waals surface area contributed by atoms with Crippen molar-refractivity contribution in [3.8, 4) is 17.2 Å². The molecule has 6 heteroatoms. The van der Waals surface area contributed by atoms with E-state index in [0.29, 0.717) is 23.8 Å². The number of ether oxygens (including phenoxy) is 3. The van der Waals surface area contributed by atoms with Crippen molar-refractivity contribution in [1.29, 1.82) is 0 Å². The lowest BCUT2D eigenvalue weighted by Crippen LogP contribution is -2.03. The fourth-order valence-electron chi connectivity index (χ4n) is 2.81. The van der Waals surface area contributed by atoms with Gasteiger partial charge in [0.15, 0.2) is 11.5 Å². The van der Waals surface area contributed by atoms with Gasteiger partial charge in [-0.15, -0.1) is 0 Å². The largest absolute Gasteiger partial charge is 0.493 e. The number of imidazole rings is 1. The summed E-state index contributed by atoms with van der Waals surface area (Å²) in [5, 5.41) is 3.44. The van der Waals surface area contributed by atoms with Crippen molar-refractivity contribution >= 4 is 5.69 Å². The van der Waals surface area contributed by atoms with E-state index in [0.717, 1.165) is 17.8 Å². The van der Waals surface area contributed by atoms with Gasteiger partial charge in [0.25, 0.3) is 0 Å². The van der Waals surface area contributed by atoms with Crippen LogP contribution in [0.5, 0.6) is 17.2 Å². The molecule has 0 unspecified atom stereocenters. The average molecular weight is 353 g/mol. The minimum absolute atomic E-state index is 0.598. The lowest BCUT2D eigenvalue weighted by atomic mass is 10.1. The zero-order chi connectivity index (χ0) is 18.4. The fraction of sp³-hybridized carbons (Fsp3) is 0.250. The third kappa shape index (κ3) is 4.08. The molecule has 0 aliphatic heterocycles. The number of rotatable bonds is 8. The molecule has 0 amide bonds. The third-order valence-corrected chi connectivity index (χ3v) is 4.07. The molecule has 2 aromatic carbocycles. The average Bonchev–Trinajstić information content (AvgIpc) is 3.18. The SMILES string of the molecule is COc1cc(CNc2cccc(Cn3ccnc3)c2)cc(OC)c1OC. The molecule has 1 heterocycles. The highest BCUT2D eigenvalue weighted by molar-refractivity contribution is 5.55. The van der Waals surface area contributed by atoms with Crippen LogP contribution >= 0.6 is 0 Å². The molecule has 1 N–H and O–H groups in total. The van der Waals surface area contributed by atoms with Gasteiger partial charge in [-0.3, -0.25) is 0 Å². The summed E-state index contributed by atoms with van der Waals surface area (Å²) in [6.07, 6.45) is 5.55. The number of hydrogen-bond acceptors (Lipinski definition) is 5. The summed E-state index contributed by atoms with van der Waals surface area (Å²) in [5.74, 6) is 1.90. The van der Waals surface area contributed by atoms with E-state index in [-0.39, 0.29) is 0 Å². The summed E-state index contributed by atoms with van der Waals surface area (Å²) < 4.78 is 18.2. The molecule has 1 aromatic heterocycles. The van der Waals surface area contributed by atoms with Gasteiger partial charge in [-0.1, -0.05) is 12.1 Å². The summed E-state index contributed by atoms with van der Waals surface area (Å²) in [4.78, 5) is 4.08. The first-order valence-electron chi connectivity index (χ1n) is 8.31. The molecule has 6 nitrogen and oxygen atoms in total. The Morgan fingerprint density at radius 2 is 1.73 bits per heavy atom. The van der Waals surface area contributed by atoms with Gasteiger partial charge in [-0.25, -0.2) is 4.98 Å². The van der Waals surface area contributed by atoms with E-state index in [1.807, 2.05) is 35.3 Å². The van der Waals surface area contributed by atoms with Crippen molar-refractivity contribution in [2.45, 2.75) is 13.1 Å². The lowest BCUT2D eigenvalue weighted by Gasteiger charge is -2.15. The van der Waals surface area contributed by atoms with Gasteiger partial charge >= 0.3 is 0 Å². The normalized spacial score (nSPS) is 10.4. The van der Waals surface area contributed by atoms with E-state index in [1.54, 1.807) is 27.5 Å². The zero-order valence-electron chi connectivity index (χ0n) is 15.2. The molecule has 3 aromatic rings. The first kappa shape index (κ1) is 17.7. The summed E-state index contributed by atoms with van der Waals surface area (Å²) in [5.41, 5.74) is 3.30. The van der Waals surface area contributed by atoms with Crippen LogP contribution in [0.4, 0.5) is 5.69 Å². The van der Waals surface area contributed by atoms with Gasteiger partial charge in [0.05, 0.1) is 27.7 Å². The fourth-order valence-corrected chi connectivity index (χ4v) is 2.81. The maximum atomic E-state index is 5.41. The number of benzene rings is 2. The van der Waals surface area contributed by atoms with Crippen molar-refractivity contribution < 1.29 is 14.2 Å². The monoisotopic (exact) mass is 353 g/mol. The maximum Gasteiger partial charge on any atom is 0.203 e. The van der Waals surface area contributed by atoms with Crippen LogP contribution in [-0.2, 0) is 13.1 Å². The van der Waals surface area contributed by atoms with Crippen LogP contribution in [0.2, 0.25) is 0 Å². The van der Waals surface area contributed by atoms with Crippen molar-refractivity contribution in [1.82, 2.24) is 9.55 Å². The van der Waals surface area contributed by atoms with Crippen LogP contribution in [0.15, 0.2) is 55.1 Å². The second kappa shape index (κ2) is 8.29. The van der Waals surface area contributed by atoms with Gasteiger partial charge in [-0.2, -0.15) is 0 Å². The molecule has 0 saturated heterocycles. The molecule has 0 spiro atoms. The predicted molar refractivity (Wildman–Crippen MR) is 101 cm³/mol. The Hall–Kier alpha value is -3.15. The Morgan fingerprint density at radius 3 is 2.35 bits per heavy atom. The molecular formula is C20H23N3O3. The zero-order valence-corrected chi connectivity index (χ0v) is 15.2. The Kier molecular flexibility index (Phi) is 5.63. The summed E-state index contributed by atoms with van der Waals surface area (Å²) in [6, 6.07) is 12.2. The van der Waals surface area contributed by atoms with Gasteiger partial charge in [0.2, 0.25) is 5.75 Å². The summed E-state index contributed by atoms with van der Waals surface area (Å²) in [6.45, 7) is 1.44. The van der Waals surface area contributed by atoms with E-state index in [9.17, 15) is 0 Å². The van der Waals surface area contributed by atoms with Crippen LogP contribution in [0, 0.1) is 0 Å². The van der Waals surface area contributed by atoms with Crippen molar-refractivity contribution in [3.05, 3.63) is 66.2 Å². The topological polar surface area (TPSA) is 57.5 Å². The van der Waals surface area contributed by atoms with Crippen molar-refractivity contribution in [3.63, 3.8) is 0 Å². The summed E-state index contributed by atoms with van der Waals surface area (Å²) in [7, 11) is 4.84. The lowest BCUT2D eigenvalue weighted by molar-refractivity contribution is 0.324. The molecule has 3 rings (SSSR count). The van der Waals surface area contributed by atoms with Crippen LogP contribution in [-0.4, -0.2) is 30.9 Å². The minimum atomic E-state index is 0.598. The molecule has 0 fully saturated rings. The first-order valence-corrected chi connectivity index (χ1v) is 8.31. The molecule has 0 aliphatic carbocycles. The van der Waals surface area contributed by atoms with Gasteiger partial charge in [-0.05, 0) is 35.4 Å². The number of nitrogens with zero attached hydrogens (tertiary/aromatic N) is 2. The number of anilines is 1. The van der Waals surface area contributed by atoms with Gasteiger partial charge < -0.3 is 24.1 Å². The summed E-state index contributed by atoms with van der Waals surface area (Å²) >= 11 is 0. The first-order chi connectivity index (χ1) is 12.7. The molecule has 0 saturated carbocycles. The smallest absolute Gasteiger partial charge is 0.203 e. The Bertz CT molecular complexity index is 822. The van der Waals surface area contributed by atoms with E-state index in [2.05, 4.69) is 28.5 Å². The van der Waals surface area contributed by atoms with Crippen LogP contribution in [0.25, 0.3) is 0 Å². The van der Waals surface area contributed by atoms with E-state index in [1.165, 1.54) is 5.56 Å². The Labute approximate surface area is 153 Å².